The molecule has 19 heavy (non-hydrogen) atoms. The molecule has 0 aliphatic carbocycles. The van der Waals surface area contributed by atoms with E-state index in [1.807, 2.05) is 0 Å². The Morgan fingerprint density at radius 1 is 1.42 bits per heavy atom. The first-order valence-corrected chi connectivity index (χ1v) is 5.98. The highest BCUT2D eigenvalue weighted by molar-refractivity contribution is 5.41. The van der Waals surface area contributed by atoms with Gasteiger partial charge in [-0.15, -0.1) is 0 Å². The van der Waals surface area contributed by atoms with Crippen LogP contribution in [-0.2, 0) is 10.9 Å². The zero-order chi connectivity index (χ0) is 13.9. The van der Waals surface area contributed by atoms with Crippen LogP contribution in [0.5, 0.6) is 0 Å². The summed E-state index contributed by atoms with van der Waals surface area (Å²) in [7, 11) is 0. The van der Waals surface area contributed by atoms with Crippen molar-refractivity contribution < 1.29 is 17.9 Å². The molecule has 2 heterocycles. The van der Waals surface area contributed by atoms with Crippen LogP contribution in [0.2, 0.25) is 0 Å². The molecule has 0 amide bonds. The second-order valence-corrected chi connectivity index (χ2v) is 4.46. The summed E-state index contributed by atoms with van der Waals surface area (Å²) in [5.41, 5.74) is 4.24. The van der Waals surface area contributed by atoms with Gasteiger partial charge in [0.05, 0.1) is 6.61 Å². The number of hydrogen-bond donors (Lipinski definition) is 2. The number of aromatic nitrogens is 2. The maximum Gasteiger partial charge on any atom is 0.433 e. The highest BCUT2D eigenvalue weighted by Gasteiger charge is 2.33. The molecule has 1 atom stereocenters. The van der Waals surface area contributed by atoms with Crippen molar-refractivity contribution in [1.29, 1.82) is 0 Å². The van der Waals surface area contributed by atoms with Gasteiger partial charge in [-0.1, -0.05) is 0 Å². The van der Waals surface area contributed by atoms with Crippen LogP contribution in [0.4, 0.5) is 24.9 Å². The highest BCUT2D eigenvalue weighted by atomic mass is 19.4. The molecule has 3 N–H and O–H groups in total. The first-order chi connectivity index (χ1) is 8.95. The molecule has 1 unspecified atom stereocenters. The van der Waals surface area contributed by atoms with E-state index in [1.165, 1.54) is 0 Å². The third-order valence-corrected chi connectivity index (χ3v) is 2.86. The van der Waals surface area contributed by atoms with Crippen LogP contribution in [-0.4, -0.2) is 29.7 Å². The normalized spacial score (nSPS) is 20.3. The number of rotatable bonds is 3. The molecule has 5 nitrogen and oxygen atoms in total. The van der Waals surface area contributed by atoms with Crippen molar-refractivity contribution in [1.82, 2.24) is 9.97 Å². The Kier molecular flexibility index (Phi) is 4.08. The molecule has 8 heteroatoms. The summed E-state index contributed by atoms with van der Waals surface area (Å²) in [6.45, 7) is 1.86. The average Bonchev–Trinajstić information content (AvgIpc) is 2.36. The van der Waals surface area contributed by atoms with E-state index in [9.17, 15) is 13.2 Å². The molecule has 2 rings (SSSR count). The van der Waals surface area contributed by atoms with Crippen LogP contribution in [0.25, 0.3) is 0 Å². The van der Waals surface area contributed by atoms with Crippen molar-refractivity contribution in [3.05, 3.63) is 11.8 Å². The van der Waals surface area contributed by atoms with Gasteiger partial charge >= 0.3 is 6.18 Å². The molecule has 1 aliphatic rings. The maximum absolute atomic E-state index is 12.5. The SMILES string of the molecule is Nc1nc(NCC2CCCOC2)cc(C(F)(F)F)n1. The molecule has 0 aromatic carbocycles. The lowest BCUT2D eigenvalue weighted by Gasteiger charge is -2.22. The molecule has 1 saturated heterocycles. The van der Waals surface area contributed by atoms with Crippen LogP contribution in [0.15, 0.2) is 6.07 Å². The van der Waals surface area contributed by atoms with Crippen molar-refractivity contribution in [3.8, 4) is 0 Å². The maximum atomic E-state index is 12.5. The Balaban J connectivity index is 2.01. The smallest absolute Gasteiger partial charge is 0.381 e. The summed E-state index contributed by atoms with van der Waals surface area (Å²) in [5.74, 6) is -0.0260. The molecule has 1 aromatic heterocycles. The van der Waals surface area contributed by atoms with Gasteiger partial charge in [0.15, 0.2) is 5.69 Å². The van der Waals surface area contributed by atoms with Gasteiger partial charge in [0, 0.05) is 19.2 Å². The largest absolute Gasteiger partial charge is 0.433 e. The van der Waals surface area contributed by atoms with Gasteiger partial charge in [0.2, 0.25) is 5.95 Å². The Morgan fingerprint density at radius 3 is 2.84 bits per heavy atom. The number of halogens is 3. The quantitative estimate of drug-likeness (QED) is 0.882. The van der Waals surface area contributed by atoms with E-state index in [-0.39, 0.29) is 11.7 Å². The van der Waals surface area contributed by atoms with Crippen LogP contribution in [0.3, 0.4) is 0 Å². The topological polar surface area (TPSA) is 73.1 Å². The molecule has 0 radical (unpaired) electrons. The lowest BCUT2D eigenvalue weighted by atomic mass is 10.0. The first kappa shape index (κ1) is 13.9. The summed E-state index contributed by atoms with van der Waals surface area (Å²) in [4.78, 5) is 6.92. The highest BCUT2D eigenvalue weighted by Crippen LogP contribution is 2.29. The molecule has 1 aliphatic heterocycles. The second-order valence-electron chi connectivity index (χ2n) is 4.46. The van der Waals surface area contributed by atoms with Gasteiger partial charge in [0.1, 0.15) is 5.82 Å². The summed E-state index contributed by atoms with van der Waals surface area (Å²) in [5, 5.41) is 2.86. The molecule has 0 spiro atoms. The number of hydrogen-bond acceptors (Lipinski definition) is 5. The summed E-state index contributed by atoms with van der Waals surface area (Å²) >= 11 is 0. The molecule has 1 fully saturated rings. The lowest BCUT2D eigenvalue weighted by molar-refractivity contribution is -0.141. The minimum atomic E-state index is -4.53. The van der Waals surface area contributed by atoms with Crippen molar-refractivity contribution >= 4 is 11.8 Å². The number of nitrogens with two attached hydrogens (primary N) is 1. The van der Waals surface area contributed by atoms with Gasteiger partial charge in [-0.2, -0.15) is 18.2 Å². The van der Waals surface area contributed by atoms with E-state index in [0.29, 0.717) is 13.2 Å². The van der Waals surface area contributed by atoms with E-state index in [1.54, 1.807) is 0 Å². The Labute approximate surface area is 108 Å². The second kappa shape index (κ2) is 5.60. The van der Waals surface area contributed by atoms with E-state index >= 15 is 0 Å². The fourth-order valence-electron chi connectivity index (χ4n) is 1.92. The fourth-order valence-corrected chi connectivity index (χ4v) is 1.92. The number of ether oxygens (including phenoxy) is 1. The van der Waals surface area contributed by atoms with Crippen molar-refractivity contribution in [2.45, 2.75) is 19.0 Å². The average molecular weight is 276 g/mol. The predicted octanol–water partition coefficient (Wildman–Crippen LogP) is 1.92. The lowest BCUT2D eigenvalue weighted by Crippen LogP contribution is -2.25. The third-order valence-electron chi connectivity index (χ3n) is 2.86. The van der Waals surface area contributed by atoms with Crippen LogP contribution >= 0.6 is 0 Å². The predicted molar refractivity (Wildman–Crippen MR) is 63.5 cm³/mol. The van der Waals surface area contributed by atoms with Crippen LogP contribution in [0.1, 0.15) is 18.5 Å². The monoisotopic (exact) mass is 276 g/mol. The van der Waals surface area contributed by atoms with E-state index in [0.717, 1.165) is 25.5 Å². The number of nitrogen functional groups attached to an aromatic ring is 1. The van der Waals surface area contributed by atoms with Crippen molar-refractivity contribution in [3.63, 3.8) is 0 Å². The molecule has 1 aromatic rings. The molecular weight excluding hydrogens is 261 g/mol. The number of nitrogens with zero attached hydrogens (tertiary/aromatic N) is 2. The van der Waals surface area contributed by atoms with Crippen LogP contribution in [0, 0.1) is 5.92 Å². The zero-order valence-electron chi connectivity index (χ0n) is 10.2. The van der Waals surface area contributed by atoms with Gasteiger partial charge in [-0.3, -0.25) is 0 Å². The Bertz CT molecular complexity index is 432. The minimum Gasteiger partial charge on any atom is -0.381 e. The number of alkyl halides is 3. The van der Waals surface area contributed by atoms with Crippen molar-refractivity contribution in [2.24, 2.45) is 5.92 Å². The molecule has 106 valence electrons. The standard InChI is InChI=1S/C11H15F3N4O/c12-11(13,14)8-4-9(18-10(15)17-8)16-5-7-2-1-3-19-6-7/h4,7H,1-3,5-6H2,(H3,15,16,17,18). The van der Waals surface area contributed by atoms with Crippen molar-refractivity contribution in [2.75, 3.05) is 30.8 Å². The Hall–Kier alpha value is -1.57. The third kappa shape index (κ3) is 3.95. The van der Waals surface area contributed by atoms with Gasteiger partial charge in [0.25, 0.3) is 0 Å². The van der Waals surface area contributed by atoms with E-state index < -0.39 is 17.8 Å². The number of anilines is 2. The minimum absolute atomic E-state index is 0.0883. The van der Waals surface area contributed by atoms with Gasteiger partial charge < -0.3 is 15.8 Å². The molecule has 0 bridgehead atoms. The fraction of sp³-hybridized carbons (Fsp3) is 0.636. The molecular formula is C11H15F3N4O. The number of nitrogens with one attached hydrogen (secondary N) is 1. The van der Waals surface area contributed by atoms with Gasteiger partial charge in [-0.25, -0.2) is 4.98 Å². The van der Waals surface area contributed by atoms with Crippen LogP contribution < -0.4 is 11.1 Å². The zero-order valence-corrected chi connectivity index (χ0v) is 10.2. The van der Waals surface area contributed by atoms with Gasteiger partial charge in [-0.05, 0) is 18.8 Å². The summed E-state index contributed by atoms with van der Waals surface area (Å²) in [6, 6.07) is 0.861. The molecule has 0 saturated carbocycles. The Morgan fingerprint density at radius 2 is 2.21 bits per heavy atom. The first-order valence-electron chi connectivity index (χ1n) is 5.98. The van der Waals surface area contributed by atoms with E-state index in [2.05, 4.69) is 15.3 Å². The summed E-state index contributed by atoms with van der Waals surface area (Å²) in [6.07, 6.45) is -2.58. The summed E-state index contributed by atoms with van der Waals surface area (Å²) < 4.78 is 42.9. The van der Waals surface area contributed by atoms with E-state index in [4.69, 9.17) is 10.5 Å².